The Hall–Kier alpha value is -1.10. The minimum Gasteiger partial charge on any atom is -0.396 e. The minimum atomic E-state index is -0.324. The van der Waals surface area contributed by atoms with Crippen molar-refractivity contribution in [2.75, 3.05) is 20.2 Å². The Bertz CT molecular complexity index is 256. The van der Waals surface area contributed by atoms with Gasteiger partial charge in [0.25, 0.3) is 0 Å². The third-order valence-electron chi connectivity index (χ3n) is 2.82. The van der Waals surface area contributed by atoms with Crippen molar-refractivity contribution < 1.29 is 14.7 Å². The first-order valence-corrected chi connectivity index (χ1v) is 5.80. The van der Waals surface area contributed by atoms with Gasteiger partial charge >= 0.3 is 0 Å². The molecule has 0 aliphatic carbocycles. The lowest BCUT2D eigenvalue weighted by Crippen LogP contribution is -2.42. The molecule has 0 radical (unpaired) electrons. The maximum atomic E-state index is 11.8. The van der Waals surface area contributed by atoms with Gasteiger partial charge < -0.3 is 15.3 Å². The van der Waals surface area contributed by atoms with Crippen LogP contribution in [0.25, 0.3) is 0 Å². The molecule has 1 aliphatic heterocycles. The van der Waals surface area contributed by atoms with Crippen molar-refractivity contribution in [2.24, 2.45) is 0 Å². The number of hydrogen-bond acceptors (Lipinski definition) is 3. The van der Waals surface area contributed by atoms with Crippen molar-refractivity contribution >= 4 is 11.8 Å². The first-order valence-electron chi connectivity index (χ1n) is 5.80. The predicted octanol–water partition coefficient (Wildman–Crippen LogP) is -0.114. The van der Waals surface area contributed by atoms with Gasteiger partial charge in [0.05, 0.1) is 0 Å². The van der Waals surface area contributed by atoms with Crippen molar-refractivity contribution in [3.05, 3.63) is 0 Å². The fourth-order valence-electron chi connectivity index (χ4n) is 1.81. The van der Waals surface area contributed by atoms with E-state index in [-0.39, 0.29) is 24.5 Å². The molecule has 16 heavy (non-hydrogen) atoms. The average molecular weight is 228 g/mol. The van der Waals surface area contributed by atoms with Crippen LogP contribution in [0.4, 0.5) is 0 Å². The highest BCUT2D eigenvalue weighted by molar-refractivity contribution is 5.90. The van der Waals surface area contributed by atoms with Crippen molar-refractivity contribution in [1.29, 1.82) is 0 Å². The smallest absolute Gasteiger partial charge is 0.244 e. The van der Waals surface area contributed by atoms with E-state index in [0.717, 1.165) is 19.3 Å². The number of amides is 2. The van der Waals surface area contributed by atoms with Gasteiger partial charge in [-0.15, -0.1) is 0 Å². The molecule has 0 aromatic carbocycles. The monoisotopic (exact) mass is 228 g/mol. The summed E-state index contributed by atoms with van der Waals surface area (Å²) in [5.41, 5.74) is 0. The van der Waals surface area contributed by atoms with Crippen LogP contribution in [0.3, 0.4) is 0 Å². The van der Waals surface area contributed by atoms with Crippen LogP contribution in [-0.4, -0.2) is 48.1 Å². The lowest BCUT2D eigenvalue weighted by molar-refractivity contribution is -0.133. The molecule has 1 saturated heterocycles. The van der Waals surface area contributed by atoms with E-state index in [2.05, 4.69) is 5.32 Å². The van der Waals surface area contributed by atoms with Crippen molar-refractivity contribution in [1.82, 2.24) is 10.2 Å². The zero-order chi connectivity index (χ0) is 12.0. The summed E-state index contributed by atoms with van der Waals surface area (Å²) in [7, 11) is 1.76. The molecule has 5 nitrogen and oxygen atoms in total. The Morgan fingerprint density at radius 3 is 2.81 bits per heavy atom. The van der Waals surface area contributed by atoms with Crippen LogP contribution in [0.1, 0.15) is 32.1 Å². The predicted molar refractivity (Wildman–Crippen MR) is 59.7 cm³/mol. The topological polar surface area (TPSA) is 69.6 Å². The van der Waals surface area contributed by atoms with Gasteiger partial charge in [0.1, 0.15) is 6.04 Å². The van der Waals surface area contributed by atoms with Gasteiger partial charge in [0, 0.05) is 26.6 Å². The van der Waals surface area contributed by atoms with Crippen LogP contribution < -0.4 is 5.32 Å². The molecule has 0 saturated carbocycles. The Morgan fingerprint density at radius 1 is 1.50 bits per heavy atom. The maximum absolute atomic E-state index is 11.8. The number of aliphatic hydroxyl groups excluding tert-OH is 1. The molecule has 1 atom stereocenters. The van der Waals surface area contributed by atoms with Crippen LogP contribution in [0.5, 0.6) is 0 Å². The second-order valence-corrected chi connectivity index (χ2v) is 4.20. The zero-order valence-electron chi connectivity index (χ0n) is 9.74. The third kappa shape index (κ3) is 3.81. The van der Waals surface area contributed by atoms with E-state index in [9.17, 15) is 9.59 Å². The molecule has 2 N–H and O–H groups in total. The number of carbonyl (C=O) groups excluding carboxylic acids is 2. The van der Waals surface area contributed by atoms with Gasteiger partial charge in [-0.25, -0.2) is 0 Å². The highest BCUT2D eigenvalue weighted by Crippen LogP contribution is 2.09. The highest BCUT2D eigenvalue weighted by Gasteiger charge is 2.28. The molecule has 92 valence electrons. The lowest BCUT2D eigenvalue weighted by atomic mass is 10.2. The first kappa shape index (κ1) is 13.0. The maximum Gasteiger partial charge on any atom is 0.244 e. The van der Waals surface area contributed by atoms with Crippen LogP contribution in [0.2, 0.25) is 0 Å². The number of nitrogens with zero attached hydrogens (tertiary/aromatic N) is 1. The molecule has 0 aromatic rings. The van der Waals surface area contributed by atoms with E-state index in [1.165, 1.54) is 0 Å². The van der Waals surface area contributed by atoms with E-state index in [1.54, 1.807) is 11.9 Å². The van der Waals surface area contributed by atoms with Gasteiger partial charge in [-0.05, 0) is 25.7 Å². The van der Waals surface area contributed by atoms with Crippen molar-refractivity contribution in [3.63, 3.8) is 0 Å². The summed E-state index contributed by atoms with van der Waals surface area (Å²) < 4.78 is 0. The molecule has 2 amide bonds. The van der Waals surface area contributed by atoms with Crippen LogP contribution in [-0.2, 0) is 9.59 Å². The molecule has 0 unspecified atom stereocenters. The molecular weight excluding hydrogens is 208 g/mol. The Labute approximate surface area is 95.8 Å². The summed E-state index contributed by atoms with van der Waals surface area (Å²) >= 11 is 0. The lowest BCUT2D eigenvalue weighted by Gasteiger charge is -2.20. The van der Waals surface area contributed by atoms with Gasteiger partial charge in [-0.2, -0.15) is 0 Å². The van der Waals surface area contributed by atoms with Gasteiger partial charge in [-0.1, -0.05) is 0 Å². The molecule has 1 rings (SSSR count). The largest absolute Gasteiger partial charge is 0.396 e. The minimum absolute atomic E-state index is 0.00477. The van der Waals surface area contributed by atoms with Gasteiger partial charge in [-0.3, -0.25) is 9.59 Å². The summed E-state index contributed by atoms with van der Waals surface area (Å²) in [6, 6.07) is -0.324. The fraction of sp³-hybridized carbons (Fsp3) is 0.818. The summed E-state index contributed by atoms with van der Waals surface area (Å²) in [6.07, 6.45) is 3.66. The third-order valence-corrected chi connectivity index (χ3v) is 2.82. The Balaban J connectivity index is 2.22. The number of nitrogens with one attached hydrogen (secondary N) is 1. The standard InChI is InChI=1S/C11H20N2O3/c1-13(7-3-2-4-8-14)11(16)9-5-6-10(15)12-9/h9,14H,2-8H2,1H3,(H,12,15)/t9-/m0/s1. The Kier molecular flexibility index (Phi) is 5.25. The number of likely N-dealkylation sites (N-methyl/N-ethyl adjacent to an activating group) is 1. The second-order valence-electron chi connectivity index (χ2n) is 4.20. The summed E-state index contributed by atoms with van der Waals surface area (Å²) in [6.45, 7) is 0.890. The fourth-order valence-corrected chi connectivity index (χ4v) is 1.81. The van der Waals surface area contributed by atoms with Crippen LogP contribution in [0.15, 0.2) is 0 Å². The molecule has 5 heteroatoms. The van der Waals surface area contributed by atoms with E-state index < -0.39 is 0 Å². The number of aliphatic hydroxyl groups is 1. The first-order chi connectivity index (χ1) is 7.65. The summed E-state index contributed by atoms with van der Waals surface area (Å²) in [5, 5.41) is 11.3. The normalized spacial score (nSPS) is 19.6. The van der Waals surface area contributed by atoms with E-state index >= 15 is 0 Å². The summed E-state index contributed by atoms with van der Waals surface area (Å²) in [5.74, 6) is -0.0399. The number of unbranched alkanes of at least 4 members (excludes halogenated alkanes) is 2. The quantitative estimate of drug-likeness (QED) is 0.623. The average Bonchev–Trinajstić information content (AvgIpc) is 2.70. The highest BCUT2D eigenvalue weighted by atomic mass is 16.3. The van der Waals surface area contributed by atoms with Crippen molar-refractivity contribution in [2.45, 2.75) is 38.1 Å². The molecule has 0 bridgehead atoms. The van der Waals surface area contributed by atoms with E-state index in [4.69, 9.17) is 5.11 Å². The zero-order valence-corrected chi connectivity index (χ0v) is 9.74. The van der Waals surface area contributed by atoms with E-state index in [0.29, 0.717) is 19.4 Å². The number of carbonyl (C=O) groups is 2. The van der Waals surface area contributed by atoms with E-state index in [1.807, 2.05) is 0 Å². The van der Waals surface area contributed by atoms with Crippen LogP contribution in [0, 0.1) is 0 Å². The van der Waals surface area contributed by atoms with Crippen LogP contribution >= 0.6 is 0 Å². The molecular formula is C11H20N2O3. The Morgan fingerprint density at radius 2 is 2.25 bits per heavy atom. The number of hydrogen-bond donors (Lipinski definition) is 2. The van der Waals surface area contributed by atoms with Gasteiger partial charge in [0.15, 0.2) is 0 Å². The molecule has 1 fully saturated rings. The number of rotatable bonds is 6. The summed E-state index contributed by atoms with van der Waals surface area (Å²) in [4.78, 5) is 24.4. The SMILES string of the molecule is CN(CCCCCO)C(=O)[C@@H]1CCC(=O)N1. The van der Waals surface area contributed by atoms with Gasteiger partial charge in [0.2, 0.25) is 11.8 Å². The van der Waals surface area contributed by atoms with Crippen molar-refractivity contribution in [3.8, 4) is 0 Å². The second kappa shape index (κ2) is 6.48. The molecule has 1 heterocycles. The molecule has 1 aliphatic rings. The molecule has 0 spiro atoms. The molecule has 0 aromatic heterocycles.